The molecule has 0 aliphatic carbocycles. The van der Waals surface area contributed by atoms with Crippen LogP contribution in [0.2, 0.25) is 0 Å². The lowest BCUT2D eigenvalue weighted by atomic mass is 10.0. The fourth-order valence-electron chi connectivity index (χ4n) is 3.58. The topological polar surface area (TPSA) is 49.4 Å². The summed E-state index contributed by atoms with van der Waals surface area (Å²) in [5.74, 6) is -0.962. The van der Waals surface area contributed by atoms with Crippen LogP contribution >= 0.6 is 15.9 Å². The number of rotatable bonds is 9. The molecule has 0 aliphatic rings. The zero-order valence-electron chi connectivity index (χ0n) is 17.9. The molecule has 0 saturated carbocycles. The smallest absolute Gasteiger partial charge is 0.243 e. The van der Waals surface area contributed by atoms with Crippen molar-refractivity contribution in [2.45, 2.75) is 32.4 Å². The molecule has 0 fully saturated rings. The van der Waals surface area contributed by atoms with Gasteiger partial charge in [-0.05, 0) is 41.8 Å². The van der Waals surface area contributed by atoms with Gasteiger partial charge in [-0.1, -0.05) is 76.6 Å². The molecule has 0 spiro atoms. The van der Waals surface area contributed by atoms with Gasteiger partial charge in [-0.25, -0.2) is 4.39 Å². The number of nitrogens with zero attached hydrogens (tertiary/aromatic N) is 1. The average molecular weight is 497 g/mol. The molecule has 0 aliphatic heterocycles. The van der Waals surface area contributed by atoms with E-state index in [1.807, 2.05) is 61.5 Å². The van der Waals surface area contributed by atoms with Gasteiger partial charge in [0.1, 0.15) is 11.9 Å². The van der Waals surface area contributed by atoms with Gasteiger partial charge < -0.3 is 10.2 Å². The standard InChI is InChI=1S/C26H26BrFN2O2/c1-2-29-26(32)24(16-19-9-4-3-5-10-19)30(18-20-11-8-13-22(27)15-20)25(31)17-21-12-6-7-14-23(21)28/h3-15,24H,2,16-18H2,1H3,(H,29,32)/t24-/m0/s1. The molecule has 0 unspecified atom stereocenters. The van der Waals surface area contributed by atoms with E-state index < -0.39 is 11.9 Å². The molecule has 4 nitrogen and oxygen atoms in total. The predicted octanol–water partition coefficient (Wildman–Crippen LogP) is 4.91. The number of carbonyl (C=O) groups is 2. The van der Waals surface area contributed by atoms with Crippen molar-refractivity contribution < 1.29 is 14.0 Å². The summed E-state index contributed by atoms with van der Waals surface area (Å²) < 4.78 is 15.1. The third-order valence-corrected chi connectivity index (χ3v) is 5.66. The molecule has 3 rings (SSSR count). The summed E-state index contributed by atoms with van der Waals surface area (Å²) >= 11 is 3.46. The number of likely N-dealkylation sites (N-methyl/N-ethyl adjacent to an activating group) is 1. The van der Waals surface area contributed by atoms with Crippen LogP contribution in [0.15, 0.2) is 83.3 Å². The largest absolute Gasteiger partial charge is 0.355 e. The first-order chi connectivity index (χ1) is 15.5. The first kappa shape index (κ1) is 23.7. The van der Waals surface area contributed by atoms with Crippen molar-refractivity contribution in [3.05, 3.63) is 106 Å². The second kappa shape index (κ2) is 11.6. The minimum absolute atomic E-state index is 0.120. The number of carbonyl (C=O) groups excluding carboxylic acids is 2. The van der Waals surface area contributed by atoms with Gasteiger partial charge in [0.15, 0.2) is 0 Å². The molecule has 3 aromatic carbocycles. The van der Waals surface area contributed by atoms with Gasteiger partial charge in [0.2, 0.25) is 11.8 Å². The second-order valence-electron chi connectivity index (χ2n) is 7.52. The van der Waals surface area contributed by atoms with Gasteiger partial charge in [0, 0.05) is 24.0 Å². The third-order valence-electron chi connectivity index (χ3n) is 5.16. The summed E-state index contributed by atoms with van der Waals surface area (Å²) in [6.07, 6.45) is 0.245. The fraction of sp³-hybridized carbons (Fsp3) is 0.231. The zero-order valence-corrected chi connectivity index (χ0v) is 19.5. The van der Waals surface area contributed by atoms with Crippen LogP contribution in [0.4, 0.5) is 4.39 Å². The Balaban J connectivity index is 1.96. The van der Waals surface area contributed by atoms with Crippen molar-refractivity contribution >= 4 is 27.7 Å². The lowest BCUT2D eigenvalue weighted by Crippen LogP contribution is -2.51. The van der Waals surface area contributed by atoms with Crippen LogP contribution in [0, 0.1) is 5.82 Å². The molecular weight excluding hydrogens is 471 g/mol. The summed E-state index contributed by atoms with van der Waals surface area (Å²) in [5.41, 5.74) is 2.14. The van der Waals surface area contributed by atoms with Crippen LogP contribution in [0.3, 0.4) is 0 Å². The van der Waals surface area contributed by atoms with Gasteiger partial charge in [-0.3, -0.25) is 9.59 Å². The van der Waals surface area contributed by atoms with E-state index in [1.165, 1.54) is 6.07 Å². The summed E-state index contributed by atoms with van der Waals surface area (Å²) in [5, 5.41) is 2.86. The van der Waals surface area contributed by atoms with E-state index in [2.05, 4.69) is 21.2 Å². The van der Waals surface area contributed by atoms with E-state index in [0.29, 0.717) is 18.5 Å². The van der Waals surface area contributed by atoms with Crippen LogP contribution in [0.1, 0.15) is 23.6 Å². The first-order valence-electron chi connectivity index (χ1n) is 10.6. The molecule has 0 bridgehead atoms. The first-order valence-corrected chi connectivity index (χ1v) is 11.4. The highest BCUT2D eigenvalue weighted by atomic mass is 79.9. The Morgan fingerprint density at radius 3 is 2.34 bits per heavy atom. The molecule has 0 aromatic heterocycles. The number of benzene rings is 3. The maximum absolute atomic E-state index is 14.3. The average Bonchev–Trinajstić information content (AvgIpc) is 2.78. The van der Waals surface area contributed by atoms with Gasteiger partial charge >= 0.3 is 0 Å². The summed E-state index contributed by atoms with van der Waals surface area (Å²) in [7, 11) is 0. The molecule has 166 valence electrons. The number of nitrogens with one attached hydrogen (secondary N) is 1. The SMILES string of the molecule is CCNC(=O)[C@H](Cc1ccccc1)N(Cc1cccc(Br)c1)C(=O)Cc1ccccc1F. The quantitative estimate of drug-likeness (QED) is 0.457. The molecular formula is C26H26BrFN2O2. The summed E-state index contributed by atoms with van der Waals surface area (Å²) in [4.78, 5) is 28.1. The van der Waals surface area contributed by atoms with Crippen molar-refractivity contribution in [1.29, 1.82) is 0 Å². The van der Waals surface area contributed by atoms with Gasteiger partial charge in [-0.15, -0.1) is 0 Å². The molecule has 2 amide bonds. The molecule has 6 heteroatoms. The van der Waals surface area contributed by atoms with Gasteiger partial charge in [-0.2, -0.15) is 0 Å². The van der Waals surface area contributed by atoms with Crippen LogP contribution in [-0.4, -0.2) is 29.3 Å². The van der Waals surface area contributed by atoms with Crippen molar-refractivity contribution in [2.75, 3.05) is 6.54 Å². The van der Waals surface area contributed by atoms with Gasteiger partial charge in [0.05, 0.1) is 6.42 Å². The lowest BCUT2D eigenvalue weighted by molar-refractivity contribution is -0.140. The fourth-order valence-corrected chi connectivity index (χ4v) is 4.03. The van der Waals surface area contributed by atoms with E-state index in [0.717, 1.165) is 15.6 Å². The van der Waals surface area contributed by atoms with Crippen LogP contribution in [0.5, 0.6) is 0 Å². The summed E-state index contributed by atoms with van der Waals surface area (Å²) in [6.45, 7) is 2.54. The van der Waals surface area contributed by atoms with E-state index >= 15 is 0 Å². The van der Waals surface area contributed by atoms with E-state index in [1.54, 1.807) is 23.1 Å². The minimum atomic E-state index is -0.726. The Kier molecular flexibility index (Phi) is 8.56. The molecule has 3 aromatic rings. The number of hydrogen-bond acceptors (Lipinski definition) is 2. The van der Waals surface area contributed by atoms with E-state index in [-0.39, 0.29) is 24.8 Å². The Hall–Kier alpha value is -2.99. The summed E-state index contributed by atoms with van der Waals surface area (Å²) in [6, 6.07) is 22.7. The zero-order chi connectivity index (χ0) is 22.9. The van der Waals surface area contributed by atoms with Crippen LogP contribution in [0.25, 0.3) is 0 Å². The van der Waals surface area contributed by atoms with Crippen LogP contribution in [-0.2, 0) is 29.0 Å². The Morgan fingerprint density at radius 2 is 1.66 bits per heavy atom. The third kappa shape index (κ3) is 6.50. The van der Waals surface area contributed by atoms with E-state index in [9.17, 15) is 14.0 Å². The molecule has 0 saturated heterocycles. The molecule has 32 heavy (non-hydrogen) atoms. The van der Waals surface area contributed by atoms with Gasteiger partial charge in [0.25, 0.3) is 0 Å². The maximum Gasteiger partial charge on any atom is 0.243 e. The van der Waals surface area contributed by atoms with Crippen LogP contribution < -0.4 is 5.32 Å². The van der Waals surface area contributed by atoms with Crippen molar-refractivity contribution in [3.63, 3.8) is 0 Å². The monoisotopic (exact) mass is 496 g/mol. The number of amides is 2. The highest BCUT2D eigenvalue weighted by molar-refractivity contribution is 9.10. The maximum atomic E-state index is 14.3. The van der Waals surface area contributed by atoms with Crippen molar-refractivity contribution in [1.82, 2.24) is 10.2 Å². The highest BCUT2D eigenvalue weighted by Gasteiger charge is 2.30. The Morgan fingerprint density at radius 1 is 0.969 bits per heavy atom. The highest BCUT2D eigenvalue weighted by Crippen LogP contribution is 2.19. The Bertz CT molecular complexity index is 1060. The van der Waals surface area contributed by atoms with E-state index in [4.69, 9.17) is 0 Å². The Labute approximate surface area is 196 Å². The number of halogens is 2. The molecule has 0 heterocycles. The second-order valence-corrected chi connectivity index (χ2v) is 8.44. The van der Waals surface area contributed by atoms with Crippen molar-refractivity contribution in [2.24, 2.45) is 0 Å². The molecule has 1 atom stereocenters. The molecule has 0 radical (unpaired) electrons. The molecule has 1 N–H and O–H groups in total. The normalized spacial score (nSPS) is 11.6. The minimum Gasteiger partial charge on any atom is -0.355 e. The van der Waals surface area contributed by atoms with Crippen molar-refractivity contribution in [3.8, 4) is 0 Å². The predicted molar refractivity (Wildman–Crippen MR) is 127 cm³/mol. The number of hydrogen-bond donors (Lipinski definition) is 1. The lowest BCUT2D eigenvalue weighted by Gasteiger charge is -2.31.